The van der Waals surface area contributed by atoms with Gasteiger partial charge in [-0.3, -0.25) is 4.79 Å². The van der Waals surface area contributed by atoms with E-state index in [0.29, 0.717) is 12.3 Å². The Labute approximate surface area is 173 Å². The third kappa shape index (κ3) is 4.12. The average Bonchev–Trinajstić information content (AvgIpc) is 3.20. The van der Waals surface area contributed by atoms with E-state index < -0.39 is 5.41 Å². The Morgan fingerprint density at radius 3 is 2.50 bits per heavy atom. The molecule has 0 bridgehead atoms. The maximum atomic E-state index is 12.9. The number of hydrogen-bond donors (Lipinski definition) is 0. The molecule has 0 saturated heterocycles. The van der Waals surface area contributed by atoms with Crippen LogP contribution in [0.15, 0.2) is 70.8 Å². The minimum absolute atomic E-state index is 0.257. The fourth-order valence-corrected chi connectivity index (χ4v) is 2.87. The predicted molar refractivity (Wildman–Crippen MR) is 114 cm³/mol. The average molecular weight is 402 g/mol. The lowest BCUT2D eigenvalue weighted by atomic mass is 9.93. The van der Waals surface area contributed by atoms with Crippen LogP contribution in [-0.4, -0.2) is 30.7 Å². The summed E-state index contributed by atoms with van der Waals surface area (Å²) in [4.78, 5) is 12.9. The molecule has 0 N–H and O–H groups in total. The van der Waals surface area contributed by atoms with Crippen LogP contribution in [0.25, 0.3) is 5.78 Å². The third-order valence-corrected chi connectivity index (χ3v) is 4.47. The van der Waals surface area contributed by atoms with E-state index in [1.165, 1.54) is 15.5 Å². The molecule has 0 saturated carbocycles. The summed E-state index contributed by atoms with van der Waals surface area (Å²) in [6, 6.07) is 17.5. The van der Waals surface area contributed by atoms with Gasteiger partial charge < -0.3 is 4.74 Å². The summed E-state index contributed by atoms with van der Waals surface area (Å²) in [7, 11) is 0. The van der Waals surface area contributed by atoms with Crippen molar-refractivity contribution in [3.63, 3.8) is 0 Å². The van der Waals surface area contributed by atoms with E-state index in [2.05, 4.69) is 20.4 Å². The summed E-state index contributed by atoms with van der Waals surface area (Å²) in [5.41, 5.74) is 1.55. The fraction of sp³-hybridized carbons (Fsp3) is 0.227. The van der Waals surface area contributed by atoms with Crippen LogP contribution in [0.1, 0.15) is 37.6 Å². The van der Waals surface area contributed by atoms with Crippen LogP contribution in [0.4, 0.5) is 0 Å². The van der Waals surface area contributed by atoms with Gasteiger partial charge in [0.25, 0.3) is 11.3 Å². The van der Waals surface area contributed by atoms with Gasteiger partial charge in [-0.25, -0.2) is 0 Å². The molecule has 0 amide bonds. The third-order valence-electron chi connectivity index (χ3n) is 4.47. The van der Waals surface area contributed by atoms with Crippen molar-refractivity contribution < 1.29 is 4.74 Å². The van der Waals surface area contributed by atoms with E-state index in [-0.39, 0.29) is 11.3 Å². The smallest absolute Gasteiger partial charge is 0.298 e. The Bertz CT molecular complexity index is 1230. The fourth-order valence-electron chi connectivity index (χ4n) is 2.87. The molecule has 0 fully saturated rings. The monoisotopic (exact) mass is 402 g/mol. The quantitative estimate of drug-likeness (QED) is 0.479. The van der Waals surface area contributed by atoms with Crippen LogP contribution in [0.2, 0.25) is 0 Å². The molecule has 0 unspecified atom stereocenters. The first-order chi connectivity index (χ1) is 14.4. The highest BCUT2D eigenvalue weighted by molar-refractivity contribution is 5.79. The van der Waals surface area contributed by atoms with Crippen molar-refractivity contribution in [2.45, 2.75) is 32.8 Å². The molecule has 0 aliphatic heterocycles. The highest BCUT2D eigenvalue weighted by atomic mass is 16.5. The molecule has 4 rings (SSSR count). The Balaban J connectivity index is 1.57. The molecule has 0 spiro atoms. The van der Waals surface area contributed by atoms with Gasteiger partial charge >= 0.3 is 0 Å². The summed E-state index contributed by atoms with van der Waals surface area (Å²) in [5, 5.41) is 16.5. The first kappa shape index (κ1) is 19.5. The molecule has 0 aliphatic rings. The van der Waals surface area contributed by atoms with Crippen LogP contribution in [-0.2, 0) is 12.0 Å². The molecule has 2 aromatic carbocycles. The van der Waals surface area contributed by atoms with Crippen LogP contribution < -0.4 is 10.3 Å². The van der Waals surface area contributed by atoms with Crippen molar-refractivity contribution >= 4 is 12.0 Å². The van der Waals surface area contributed by atoms with E-state index >= 15 is 0 Å². The normalized spacial score (nSPS) is 12.0. The summed E-state index contributed by atoms with van der Waals surface area (Å²) in [6.07, 6.45) is 3.05. The zero-order valence-corrected chi connectivity index (χ0v) is 17.1. The van der Waals surface area contributed by atoms with Gasteiger partial charge in [-0.15, -0.1) is 10.2 Å². The molecule has 8 heteroatoms. The van der Waals surface area contributed by atoms with Gasteiger partial charge in [-0.2, -0.15) is 19.4 Å². The number of ether oxygens (including phenoxy) is 1. The topological polar surface area (TPSA) is 86.7 Å². The van der Waals surface area contributed by atoms with Crippen molar-refractivity contribution in [1.29, 1.82) is 0 Å². The molecule has 152 valence electrons. The maximum Gasteiger partial charge on any atom is 0.298 e. The Morgan fingerprint density at radius 1 is 1.07 bits per heavy atom. The second kappa shape index (κ2) is 7.90. The summed E-state index contributed by atoms with van der Waals surface area (Å²) < 4.78 is 8.48. The molecular weight excluding hydrogens is 380 g/mol. The molecule has 2 aromatic heterocycles. The molecule has 0 atom stereocenters. The van der Waals surface area contributed by atoms with Crippen molar-refractivity contribution in [3.05, 3.63) is 88.1 Å². The second-order valence-electron chi connectivity index (χ2n) is 7.88. The largest absolute Gasteiger partial charge is 0.489 e. The lowest BCUT2D eigenvalue weighted by molar-refractivity contribution is 0.306. The molecule has 0 aliphatic carbocycles. The van der Waals surface area contributed by atoms with Crippen molar-refractivity contribution in [1.82, 2.24) is 24.5 Å². The van der Waals surface area contributed by atoms with Gasteiger partial charge in [0.05, 0.1) is 6.21 Å². The number of fused-ring (bicyclic) bond motifs is 1. The predicted octanol–water partition coefficient (Wildman–Crippen LogP) is 3.04. The Kier molecular flexibility index (Phi) is 5.14. The Hall–Kier alpha value is -3.81. The van der Waals surface area contributed by atoms with Gasteiger partial charge in [-0.05, 0) is 35.4 Å². The van der Waals surface area contributed by atoms with E-state index in [9.17, 15) is 4.79 Å². The standard InChI is InChI=1S/C22H22N6O2/c1-22(2,3)19-20(29)28(21-25-23-15-27(21)26-19)24-13-16-9-11-18(12-10-16)30-14-17-7-5-4-6-8-17/h4-13,15H,14H2,1-3H3. The van der Waals surface area contributed by atoms with Crippen LogP contribution >= 0.6 is 0 Å². The van der Waals surface area contributed by atoms with Gasteiger partial charge in [-0.1, -0.05) is 51.1 Å². The zero-order chi connectivity index (χ0) is 21.1. The minimum Gasteiger partial charge on any atom is -0.489 e. The highest BCUT2D eigenvalue weighted by Crippen LogP contribution is 2.16. The Morgan fingerprint density at radius 2 is 1.80 bits per heavy atom. The van der Waals surface area contributed by atoms with Gasteiger partial charge in [0.1, 0.15) is 24.4 Å². The number of rotatable bonds is 5. The highest BCUT2D eigenvalue weighted by Gasteiger charge is 2.23. The van der Waals surface area contributed by atoms with Crippen LogP contribution in [0, 0.1) is 0 Å². The van der Waals surface area contributed by atoms with E-state index in [0.717, 1.165) is 16.9 Å². The van der Waals surface area contributed by atoms with Crippen molar-refractivity contribution in [2.75, 3.05) is 0 Å². The second-order valence-corrected chi connectivity index (χ2v) is 7.88. The number of benzene rings is 2. The van der Waals surface area contributed by atoms with Crippen LogP contribution in [0.5, 0.6) is 5.75 Å². The first-order valence-electron chi connectivity index (χ1n) is 9.56. The first-order valence-corrected chi connectivity index (χ1v) is 9.56. The molecule has 30 heavy (non-hydrogen) atoms. The maximum absolute atomic E-state index is 12.9. The molecule has 0 radical (unpaired) electrons. The lowest BCUT2D eigenvalue weighted by Crippen LogP contribution is -2.33. The molecular formula is C22H22N6O2. The van der Waals surface area contributed by atoms with E-state index in [1.54, 1.807) is 6.21 Å². The van der Waals surface area contributed by atoms with Gasteiger partial charge in [0, 0.05) is 5.41 Å². The molecule has 4 aromatic rings. The number of aromatic nitrogens is 5. The molecule has 8 nitrogen and oxygen atoms in total. The summed E-state index contributed by atoms with van der Waals surface area (Å²) in [6.45, 7) is 6.28. The molecule has 2 heterocycles. The summed E-state index contributed by atoms with van der Waals surface area (Å²) in [5.74, 6) is 1.01. The van der Waals surface area contributed by atoms with Gasteiger partial charge in [0.2, 0.25) is 0 Å². The SMILES string of the molecule is CC(C)(C)c1nn2cnnc2n(N=Cc2ccc(OCc3ccccc3)cc2)c1=O. The van der Waals surface area contributed by atoms with E-state index in [1.807, 2.05) is 75.4 Å². The zero-order valence-electron chi connectivity index (χ0n) is 17.1. The van der Waals surface area contributed by atoms with Crippen molar-refractivity contribution in [2.24, 2.45) is 5.10 Å². The van der Waals surface area contributed by atoms with E-state index in [4.69, 9.17) is 4.74 Å². The lowest BCUT2D eigenvalue weighted by Gasteiger charge is -2.16. The summed E-state index contributed by atoms with van der Waals surface area (Å²) >= 11 is 0. The van der Waals surface area contributed by atoms with Gasteiger partial charge in [0.15, 0.2) is 0 Å². The van der Waals surface area contributed by atoms with Crippen LogP contribution in [0.3, 0.4) is 0 Å². The minimum atomic E-state index is -0.440. The number of hydrogen-bond acceptors (Lipinski definition) is 6. The van der Waals surface area contributed by atoms with Crippen molar-refractivity contribution in [3.8, 4) is 5.75 Å². The number of nitrogens with zero attached hydrogens (tertiary/aromatic N) is 6.